The second kappa shape index (κ2) is 4.28. The molecule has 0 aliphatic carbocycles. The lowest BCUT2D eigenvalue weighted by molar-refractivity contribution is 0.258. The first kappa shape index (κ1) is 9.93. The van der Waals surface area contributed by atoms with E-state index >= 15 is 0 Å². The van der Waals surface area contributed by atoms with Gasteiger partial charge in [0.15, 0.2) is 0 Å². The van der Waals surface area contributed by atoms with E-state index < -0.39 is 0 Å². The zero-order chi connectivity index (χ0) is 9.97. The highest BCUT2D eigenvalue weighted by Crippen LogP contribution is 2.24. The van der Waals surface area contributed by atoms with Crippen molar-refractivity contribution in [3.05, 3.63) is 10.6 Å². The molecule has 0 radical (unpaired) electrons. The monoisotopic (exact) mass is 212 g/mol. The van der Waals surface area contributed by atoms with Gasteiger partial charge in [-0.25, -0.2) is 4.98 Å². The highest BCUT2D eigenvalue weighted by atomic mass is 32.1. The van der Waals surface area contributed by atoms with Gasteiger partial charge < -0.3 is 10.1 Å². The van der Waals surface area contributed by atoms with E-state index in [1.54, 1.807) is 11.3 Å². The second-order valence-electron chi connectivity index (χ2n) is 3.79. The fourth-order valence-electron chi connectivity index (χ4n) is 1.55. The minimum Gasteiger partial charge on any atom is -0.470 e. The molecule has 2 heterocycles. The van der Waals surface area contributed by atoms with Crippen molar-refractivity contribution in [2.75, 3.05) is 19.7 Å². The van der Waals surface area contributed by atoms with Crippen molar-refractivity contribution in [3.8, 4) is 5.19 Å². The predicted octanol–water partition coefficient (Wildman–Crippen LogP) is 1.75. The van der Waals surface area contributed by atoms with Crippen LogP contribution in [0, 0.1) is 19.8 Å². The van der Waals surface area contributed by atoms with Crippen molar-refractivity contribution in [2.45, 2.75) is 20.3 Å². The van der Waals surface area contributed by atoms with Gasteiger partial charge in [-0.15, -0.1) is 0 Å². The Morgan fingerprint density at radius 2 is 2.43 bits per heavy atom. The maximum atomic E-state index is 5.66. The number of hydrogen-bond acceptors (Lipinski definition) is 4. The lowest BCUT2D eigenvalue weighted by atomic mass is 10.1. The van der Waals surface area contributed by atoms with Crippen molar-refractivity contribution in [1.82, 2.24) is 10.3 Å². The minimum absolute atomic E-state index is 0.666. The molecule has 1 unspecified atom stereocenters. The SMILES string of the molecule is Cc1nc(OCC2CCNC2)sc1C. The molecule has 1 aliphatic heterocycles. The molecule has 0 bridgehead atoms. The summed E-state index contributed by atoms with van der Waals surface area (Å²) in [6.07, 6.45) is 1.23. The first-order valence-corrected chi connectivity index (χ1v) is 5.85. The van der Waals surface area contributed by atoms with Crippen LogP contribution >= 0.6 is 11.3 Å². The summed E-state index contributed by atoms with van der Waals surface area (Å²) in [6.45, 7) is 7.12. The Morgan fingerprint density at radius 3 is 3.00 bits per heavy atom. The Bertz CT molecular complexity index is 286. The van der Waals surface area contributed by atoms with Crippen LogP contribution in [0.5, 0.6) is 5.19 Å². The van der Waals surface area contributed by atoms with Crippen LogP contribution in [0.25, 0.3) is 0 Å². The Hall–Kier alpha value is -0.610. The lowest BCUT2D eigenvalue weighted by Gasteiger charge is -2.07. The molecule has 1 aliphatic rings. The molecular weight excluding hydrogens is 196 g/mol. The predicted molar refractivity (Wildman–Crippen MR) is 58.1 cm³/mol. The maximum absolute atomic E-state index is 5.66. The molecule has 78 valence electrons. The third kappa shape index (κ3) is 2.25. The molecule has 14 heavy (non-hydrogen) atoms. The van der Waals surface area contributed by atoms with Crippen LogP contribution in [0.4, 0.5) is 0 Å². The van der Waals surface area contributed by atoms with Gasteiger partial charge in [0.05, 0.1) is 12.3 Å². The van der Waals surface area contributed by atoms with Crippen LogP contribution in [0.2, 0.25) is 0 Å². The van der Waals surface area contributed by atoms with Crippen LogP contribution in [0.15, 0.2) is 0 Å². The van der Waals surface area contributed by atoms with Gasteiger partial charge in [-0.1, -0.05) is 11.3 Å². The Kier molecular flexibility index (Phi) is 3.03. The zero-order valence-electron chi connectivity index (χ0n) is 8.67. The average molecular weight is 212 g/mol. The lowest BCUT2D eigenvalue weighted by Crippen LogP contribution is -2.15. The van der Waals surface area contributed by atoms with Crippen LogP contribution in [0.1, 0.15) is 17.0 Å². The smallest absolute Gasteiger partial charge is 0.273 e. The number of thiazole rings is 1. The second-order valence-corrected chi connectivity index (χ2v) is 4.96. The molecule has 4 heteroatoms. The molecule has 0 saturated carbocycles. The topological polar surface area (TPSA) is 34.1 Å². The summed E-state index contributed by atoms with van der Waals surface area (Å²) in [5.74, 6) is 0.666. The standard InChI is InChI=1S/C10H16N2OS/c1-7-8(2)14-10(12-7)13-6-9-3-4-11-5-9/h9,11H,3-6H2,1-2H3. The summed E-state index contributed by atoms with van der Waals surface area (Å²) >= 11 is 1.64. The summed E-state index contributed by atoms with van der Waals surface area (Å²) in [7, 11) is 0. The summed E-state index contributed by atoms with van der Waals surface area (Å²) in [6, 6.07) is 0. The van der Waals surface area contributed by atoms with Crippen molar-refractivity contribution in [2.24, 2.45) is 5.92 Å². The van der Waals surface area contributed by atoms with E-state index in [1.165, 1.54) is 11.3 Å². The van der Waals surface area contributed by atoms with Gasteiger partial charge in [0.2, 0.25) is 0 Å². The van der Waals surface area contributed by atoms with Crippen molar-refractivity contribution >= 4 is 11.3 Å². The van der Waals surface area contributed by atoms with Crippen LogP contribution in [0.3, 0.4) is 0 Å². The van der Waals surface area contributed by atoms with Gasteiger partial charge in [-0.2, -0.15) is 0 Å². The highest BCUT2D eigenvalue weighted by molar-refractivity contribution is 7.13. The summed E-state index contributed by atoms with van der Waals surface area (Å²) in [4.78, 5) is 5.60. The quantitative estimate of drug-likeness (QED) is 0.829. The van der Waals surface area contributed by atoms with Crippen LogP contribution in [-0.4, -0.2) is 24.7 Å². The third-order valence-corrected chi connectivity index (χ3v) is 3.60. The van der Waals surface area contributed by atoms with E-state index in [4.69, 9.17) is 4.74 Å². The molecule has 0 spiro atoms. The molecule has 0 aromatic carbocycles. The Balaban J connectivity index is 1.85. The van der Waals surface area contributed by atoms with E-state index in [9.17, 15) is 0 Å². The number of aryl methyl sites for hydroxylation is 2. The molecule has 1 saturated heterocycles. The average Bonchev–Trinajstić information content (AvgIpc) is 2.74. The molecule has 1 fully saturated rings. The summed E-state index contributed by atoms with van der Waals surface area (Å²) in [5, 5.41) is 4.15. The Labute approximate surface area is 88.5 Å². The van der Waals surface area contributed by atoms with E-state index in [-0.39, 0.29) is 0 Å². The van der Waals surface area contributed by atoms with Gasteiger partial charge in [-0.3, -0.25) is 0 Å². The molecular formula is C10H16N2OS. The van der Waals surface area contributed by atoms with E-state index in [0.717, 1.165) is 30.6 Å². The molecule has 3 nitrogen and oxygen atoms in total. The van der Waals surface area contributed by atoms with Crippen LogP contribution < -0.4 is 10.1 Å². The fourth-order valence-corrected chi connectivity index (χ4v) is 2.32. The number of hydrogen-bond donors (Lipinski definition) is 1. The molecule has 1 N–H and O–H groups in total. The first-order valence-electron chi connectivity index (χ1n) is 5.03. The molecule has 1 aromatic rings. The largest absolute Gasteiger partial charge is 0.470 e. The van der Waals surface area contributed by atoms with E-state index in [2.05, 4.69) is 17.2 Å². The summed E-state index contributed by atoms with van der Waals surface area (Å²) < 4.78 is 5.66. The zero-order valence-corrected chi connectivity index (χ0v) is 9.49. The van der Waals surface area contributed by atoms with Gasteiger partial charge in [0, 0.05) is 17.3 Å². The van der Waals surface area contributed by atoms with Crippen molar-refractivity contribution in [1.29, 1.82) is 0 Å². The number of rotatable bonds is 3. The fraction of sp³-hybridized carbons (Fsp3) is 0.700. The molecule has 2 rings (SSSR count). The van der Waals surface area contributed by atoms with Gasteiger partial charge in [0.1, 0.15) is 0 Å². The number of nitrogens with zero attached hydrogens (tertiary/aromatic N) is 1. The molecule has 0 amide bonds. The number of ether oxygens (including phenoxy) is 1. The normalized spacial score (nSPS) is 21.4. The van der Waals surface area contributed by atoms with Gasteiger partial charge >= 0.3 is 0 Å². The number of nitrogens with one attached hydrogen (secondary N) is 1. The van der Waals surface area contributed by atoms with Crippen LogP contribution in [-0.2, 0) is 0 Å². The van der Waals surface area contributed by atoms with Gasteiger partial charge in [-0.05, 0) is 26.8 Å². The molecule has 1 aromatic heterocycles. The van der Waals surface area contributed by atoms with Crippen molar-refractivity contribution in [3.63, 3.8) is 0 Å². The minimum atomic E-state index is 0.666. The third-order valence-electron chi connectivity index (χ3n) is 2.61. The van der Waals surface area contributed by atoms with E-state index in [0.29, 0.717) is 5.92 Å². The molecule has 1 atom stereocenters. The van der Waals surface area contributed by atoms with E-state index in [1.807, 2.05) is 6.92 Å². The first-order chi connectivity index (χ1) is 6.75. The van der Waals surface area contributed by atoms with Crippen molar-refractivity contribution < 1.29 is 4.74 Å². The maximum Gasteiger partial charge on any atom is 0.273 e. The summed E-state index contributed by atoms with van der Waals surface area (Å²) in [5.41, 5.74) is 1.09. The number of aromatic nitrogens is 1. The Morgan fingerprint density at radius 1 is 1.57 bits per heavy atom. The highest BCUT2D eigenvalue weighted by Gasteiger charge is 2.15. The van der Waals surface area contributed by atoms with Gasteiger partial charge in [0.25, 0.3) is 5.19 Å².